The van der Waals surface area contributed by atoms with Gasteiger partial charge in [0, 0.05) is 17.5 Å². The first-order valence-corrected chi connectivity index (χ1v) is 17.5. The molecular formula is C40H29Cl2FN2O8. The van der Waals surface area contributed by atoms with Gasteiger partial charge < -0.3 is 14.9 Å². The molecule has 2 aliphatic carbocycles. The number of hydrogen-bond acceptors (Lipinski definition) is 7. The second-order valence-electron chi connectivity index (χ2n) is 13.6. The summed E-state index contributed by atoms with van der Waals surface area (Å²) in [5, 5.41) is 21.2. The smallest absolute Gasteiger partial charge is 0.335 e. The number of aromatic carboxylic acids is 1. The number of alkyl halides is 2. The van der Waals surface area contributed by atoms with Crippen LogP contribution in [0.4, 0.5) is 15.8 Å². The molecule has 53 heavy (non-hydrogen) atoms. The maximum Gasteiger partial charge on any atom is 0.335 e. The number of imide groups is 2. The number of amides is 4. The Morgan fingerprint density at radius 2 is 1.57 bits per heavy atom. The van der Waals surface area contributed by atoms with E-state index in [0.29, 0.717) is 11.3 Å². The van der Waals surface area contributed by atoms with Crippen LogP contribution in [-0.2, 0) is 25.8 Å². The Hall–Kier alpha value is -5.52. The molecule has 2 saturated heterocycles. The maximum atomic E-state index is 14.6. The molecule has 4 aromatic rings. The fourth-order valence-corrected chi connectivity index (χ4v) is 9.30. The van der Waals surface area contributed by atoms with E-state index in [4.69, 9.17) is 27.9 Å². The molecule has 4 aliphatic rings. The lowest BCUT2D eigenvalue weighted by Gasteiger charge is -2.50. The fourth-order valence-electron chi connectivity index (χ4n) is 8.38. The lowest BCUT2D eigenvalue weighted by molar-refractivity contribution is -0.125. The first-order chi connectivity index (χ1) is 25.3. The Balaban J connectivity index is 1.24. The molecule has 3 fully saturated rings. The molecule has 0 aromatic heterocycles. The zero-order valence-electron chi connectivity index (χ0n) is 27.6. The van der Waals surface area contributed by atoms with Crippen LogP contribution in [0.15, 0.2) is 109 Å². The third-order valence-corrected chi connectivity index (χ3v) is 12.2. The van der Waals surface area contributed by atoms with E-state index < -0.39 is 68.8 Å². The van der Waals surface area contributed by atoms with Crippen molar-refractivity contribution in [3.05, 3.63) is 131 Å². The molecule has 6 atom stereocenters. The third kappa shape index (κ3) is 5.16. The van der Waals surface area contributed by atoms with Gasteiger partial charge in [-0.25, -0.2) is 14.1 Å². The predicted molar refractivity (Wildman–Crippen MR) is 191 cm³/mol. The van der Waals surface area contributed by atoms with Crippen molar-refractivity contribution in [2.24, 2.45) is 17.8 Å². The van der Waals surface area contributed by atoms with Gasteiger partial charge in [0.2, 0.25) is 11.8 Å². The highest BCUT2D eigenvalue weighted by molar-refractivity contribution is 6.58. The summed E-state index contributed by atoms with van der Waals surface area (Å²) in [4.78, 5) is 66.4. The molecule has 2 heterocycles. The monoisotopic (exact) mass is 754 g/mol. The molecule has 2 aliphatic heterocycles. The minimum absolute atomic E-state index is 0.0231. The van der Waals surface area contributed by atoms with Crippen molar-refractivity contribution in [3.63, 3.8) is 0 Å². The second kappa shape index (κ2) is 12.6. The summed E-state index contributed by atoms with van der Waals surface area (Å²) >= 11 is 14.8. The van der Waals surface area contributed by atoms with Crippen LogP contribution in [0.3, 0.4) is 0 Å². The molecule has 10 nitrogen and oxygen atoms in total. The summed E-state index contributed by atoms with van der Waals surface area (Å²) < 4.78 is 19.9. The Morgan fingerprint density at radius 1 is 0.830 bits per heavy atom. The lowest BCUT2D eigenvalue weighted by Crippen LogP contribution is -2.60. The SMILES string of the molecule is O=C(O)c1cccc(N2C(=O)[C@H]3[C@H](CC=C4[C@H]3C[C@@]3(Cl)C(=O)N(c5ccc(F)cc5)C(=O)[C@@]3(Cl)[C@H]4c3ccc(OCc4ccccc4)cc3O)C2=O)c1. The quantitative estimate of drug-likeness (QED) is 0.123. The number of hydrogen-bond donors (Lipinski definition) is 2. The van der Waals surface area contributed by atoms with Crippen molar-refractivity contribution in [2.45, 2.75) is 35.1 Å². The summed E-state index contributed by atoms with van der Waals surface area (Å²) in [5.74, 6) is -8.97. The number of anilines is 2. The molecule has 13 heteroatoms. The second-order valence-corrected chi connectivity index (χ2v) is 14.9. The number of fused-ring (bicyclic) bond motifs is 4. The number of benzene rings is 4. The van der Waals surface area contributed by atoms with Gasteiger partial charge in [-0.1, -0.05) is 54.1 Å². The average molecular weight is 756 g/mol. The molecule has 0 spiro atoms. The highest BCUT2D eigenvalue weighted by atomic mass is 35.5. The van der Waals surface area contributed by atoms with Gasteiger partial charge in [-0.05, 0) is 72.9 Å². The standard InChI is InChI=1S/C40H29Cl2FN2O8/c41-39-19-30-27(15-16-29-32(30)35(48)44(34(29)47)25-8-4-7-22(17-25)36(49)50)33(28-14-13-26(18-31(28)46)53-20-21-5-2-1-3-6-21)40(39,42)38(52)45(37(39)51)24-11-9-23(43)10-12-24/h1-15,17-18,29-30,32-33,46H,16,19-20H2,(H,49,50)/t29-,30+,32-,33+,39+,40-/m0/s1. The average Bonchev–Trinajstić information content (AvgIpc) is 3.49. The number of nitrogens with zero attached hydrogens (tertiary/aromatic N) is 2. The van der Waals surface area contributed by atoms with Crippen LogP contribution in [0.25, 0.3) is 0 Å². The Morgan fingerprint density at radius 3 is 2.26 bits per heavy atom. The van der Waals surface area contributed by atoms with Gasteiger partial charge in [0.1, 0.15) is 23.9 Å². The first kappa shape index (κ1) is 34.6. The van der Waals surface area contributed by atoms with E-state index in [0.717, 1.165) is 27.5 Å². The summed E-state index contributed by atoms with van der Waals surface area (Å²) in [6.07, 6.45) is 1.44. The summed E-state index contributed by atoms with van der Waals surface area (Å²) in [5.41, 5.74) is 1.44. The number of carboxylic acids is 1. The van der Waals surface area contributed by atoms with Gasteiger partial charge in [0.05, 0.1) is 28.8 Å². The summed E-state index contributed by atoms with van der Waals surface area (Å²) in [7, 11) is 0. The van der Waals surface area contributed by atoms with Crippen LogP contribution in [-0.4, -0.2) is 49.6 Å². The topological polar surface area (TPSA) is 142 Å². The highest BCUT2D eigenvalue weighted by Gasteiger charge is 2.77. The van der Waals surface area contributed by atoms with Crippen molar-refractivity contribution in [1.82, 2.24) is 0 Å². The van der Waals surface area contributed by atoms with E-state index >= 15 is 0 Å². The normalized spacial score (nSPS) is 27.6. The lowest BCUT2D eigenvalue weighted by atomic mass is 9.56. The predicted octanol–water partition coefficient (Wildman–Crippen LogP) is 6.58. The molecule has 1 saturated carbocycles. The molecule has 4 aromatic carbocycles. The number of halogens is 3. The maximum absolute atomic E-state index is 14.6. The van der Waals surface area contributed by atoms with E-state index in [-0.39, 0.29) is 47.7 Å². The van der Waals surface area contributed by atoms with E-state index in [1.807, 2.05) is 30.3 Å². The number of rotatable bonds is 7. The Bertz CT molecular complexity index is 2270. The van der Waals surface area contributed by atoms with Crippen LogP contribution < -0.4 is 14.5 Å². The van der Waals surface area contributed by atoms with Crippen LogP contribution in [0.2, 0.25) is 0 Å². The largest absolute Gasteiger partial charge is 0.508 e. The van der Waals surface area contributed by atoms with Crippen molar-refractivity contribution < 1.29 is 43.3 Å². The zero-order valence-corrected chi connectivity index (χ0v) is 29.1. The number of aromatic hydroxyl groups is 1. The molecule has 0 unspecified atom stereocenters. The fraction of sp³-hybridized carbons (Fsp3) is 0.225. The molecule has 4 amide bonds. The zero-order chi connectivity index (χ0) is 37.4. The van der Waals surface area contributed by atoms with Crippen molar-refractivity contribution in [1.29, 1.82) is 0 Å². The number of allylic oxidation sites excluding steroid dienone is 2. The molecule has 0 radical (unpaired) electrons. The third-order valence-electron chi connectivity index (χ3n) is 10.8. The number of carboxylic acid groups (broad SMARTS) is 1. The summed E-state index contributed by atoms with van der Waals surface area (Å²) in [6.45, 7) is 0.200. The molecule has 0 bridgehead atoms. The molecular weight excluding hydrogens is 726 g/mol. The number of ether oxygens (including phenoxy) is 1. The van der Waals surface area contributed by atoms with E-state index in [1.54, 1.807) is 12.1 Å². The minimum atomic E-state index is -2.25. The van der Waals surface area contributed by atoms with E-state index in [2.05, 4.69) is 0 Å². The van der Waals surface area contributed by atoms with Gasteiger partial charge in [-0.15, -0.1) is 23.2 Å². The van der Waals surface area contributed by atoms with E-state index in [1.165, 1.54) is 48.5 Å². The molecule has 2 N–H and O–H groups in total. The molecule has 268 valence electrons. The van der Waals surface area contributed by atoms with Crippen LogP contribution in [0.1, 0.15) is 40.2 Å². The van der Waals surface area contributed by atoms with Gasteiger partial charge in [0.15, 0.2) is 9.75 Å². The first-order valence-electron chi connectivity index (χ1n) is 16.8. The Kier molecular flexibility index (Phi) is 8.19. The van der Waals surface area contributed by atoms with Crippen molar-refractivity contribution in [2.75, 3.05) is 9.80 Å². The van der Waals surface area contributed by atoms with Gasteiger partial charge >= 0.3 is 5.97 Å². The van der Waals surface area contributed by atoms with Gasteiger partial charge in [-0.3, -0.25) is 24.1 Å². The van der Waals surface area contributed by atoms with Crippen molar-refractivity contribution >= 4 is 64.2 Å². The van der Waals surface area contributed by atoms with Gasteiger partial charge in [0.25, 0.3) is 11.8 Å². The van der Waals surface area contributed by atoms with E-state index in [9.17, 15) is 38.6 Å². The van der Waals surface area contributed by atoms with Crippen molar-refractivity contribution in [3.8, 4) is 11.5 Å². The number of phenols is 1. The molecule has 8 rings (SSSR count). The number of carbonyl (C=O) groups excluding carboxylic acids is 4. The Labute approximate surface area is 312 Å². The number of phenolic OH excluding ortho intramolecular Hbond substituents is 1. The van der Waals surface area contributed by atoms with Crippen LogP contribution >= 0.6 is 23.2 Å². The number of carbonyl (C=O) groups is 5. The minimum Gasteiger partial charge on any atom is -0.508 e. The van der Waals surface area contributed by atoms with Crippen LogP contribution in [0.5, 0.6) is 11.5 Å². The van der Waals surface area contributed by atoms with Gasteiger partial charge in [-0.2, -0.15) is 0 Å². The van der Waals surface area contributed by atoms with Crippen LogP contribution in [0, 0.1) is 23.6 Å². The summed E-state index contributed by atoms with van der Waals surface area (Å²) in [6, 6.07) is 24.0. The highest BCUT2D eigenvalue weighted by Crippen LogP contribution is 2.66.